The Bertz CT molecular complexity index is 474. The summed E-state index contributed by atoms with van der Waals surface area (Å²) in [5.41, 5.74) is 0.0571. The van der Waals surface area contributed by atoms with E-state index in [0.717, 1.165) is 12.8 Å². The van der Waals surface area contributed by atoms with E-state index in [1.54, 1.807) is 6.07 Å². The monoisotopic (exact) mass is 299 g/mol. The second kappa shape index (κ2) is 4.70. The van der Waals surface area contributed by atoms with Crippen LogP contribution in [0.1, 0.15) is 12.8 Å². The van der Waals surface area contributed by atoms with Gasteiger partial charge < -0.3 is 10.6 Å². The molecule has 0 aromatic heterocycles. The van der Waals surface area contributed by atoms with Gasteiger partial charge in [0, 0.05) is 16.6 Å². The molecule has 0 bridgehead atoms. The van der Waals surface area contributed by atoms with Gasteiger partial charge in [-0.2, -0.15) is 0 Å². The highest BCUT2D eigenvalue weighted by Crippen LogP contribution is 2.28. The lowest BCUT2D eigenvalue weighted by molar-refractivity contribution is -0.384. The molecule has 6 nitrogen and oxygen atoms in total. The van der Waals surface area contributed by atoms with E-state index < -0.39 is 11.0 Å². The fourth-order valence-electron chi connectivity index (χ4n) is 1.33. The molecule has 2 rings (SSSR count). The van der Waals surface area contributed by atoms with Gasteiger partial charge in [0.15, 0.2) is 0 Å². The summed E-state index contributed by atoms with van der Waals surface area (Å²) in [4.78, 5) is 21.7. The molecule has 1 aliphatic rings. The Labute approximate surface area is 106 Å². The fraction of sp³-hybridized carbons (Fsp3) is 0.300. The number of halogens is 1. The summed E-state index contributed by atoms with van der Waals surface area (Å²) in [6.07, 6.45) is 1.94. The summed E-state index contributed by atoms with van der Waals surface area (Å²) in [6, 6.07) is 4.30. The van der Waals surface area contributed by atoms with E-state index in [2.05, 4.69) is 26.6 Å². The number of urea groups is 1. The van der Waals surface area contributed by atoms with Crippen LogP contribution in [0.15, 0.2) is 22.7 Å². The van der Waals surface area contributed by atoms with Crippen LogP contribution in [0.2, 0.25) is 0 Å². The minimum Gasteiger partial charge on any atom is -0.335 e. The first-order chi connectivity index (χ1) is 8.06. The Kier molecular flexibility index (Phi) is 3.28. The van der Waals surface area contributed by atoms with Gasteiger partial charge in [-0.25, -0.2) is 4.79 Å². The molecule has 1 aromatic carbocycles. The van der Waals surface area contributed by atoms with Crippen molar-refractivity contribution < 1.29 is 9.72 Å². The van der Waals surface area contributed by atoms with Crippen molar-refractivity contribution in [3.8, 4) is 0 Å². The van der Waals surface area contributed by atoms with E-state index in [1.807, 2.05) is 0 Å². The summed E-state index contributed by atoms with van der Waals surface area (Å²) < 4.78 is 0.595. The van der Waals surface area contributed by atoms with E-state index in [-0.39, 0.29) is 17.4 Å². The number of rotatable bonds is 3. The Hall–Kier alpha value is -1.63. The first-order valence-corrected chi connectivity index (χ1v) is 5.87. The van der Waals surface area contributed by atoms with E-state index in [4.69, 9.17) is 0 Å². The first-order valence-electron chi connectivity index (χ1n) is 5.08. The van der Waals surface area contributed by atoms with Crippen molar-refractivity contribution in [1.82, 2.24) is 5.32 Å². The first kappa shape index (κ1) is 11.8. The maximum Gasteiger partial charge on any atom is 0.319 e. The quantitative estimate of drug-likeness (QED) is 0.665. The van der Waals surface area contributed by atoms with Crippen LogP contribution < -0.4 is 10.6 Å². The maximum absolute atomic E-state index is 11.5. The number of nitrogens with zero attached hydrogens (tertiary/aromatic N) is 1. The number of nitrogens with one attached hydrogen (secondary N) is 2. The summed E-state index contributed by atoms with van der Waals surface area (Å²) in [6.45, 7) is 0. The predicted molar refractivity (Wildman–Crippen MR) is 66.0 cm³/mol. The zero-order valence-electron chi connectivity index (χ0n) is 8.77. The summed E-state index contributed by atoms with van der Waals surface area (Å²) in [5, 5.41) is 16.0. The smallest absolute Gasteiger partial charge is 0.319 e. The highest BCUT2D eigenvalue weighted by Gasteiger charge is 2.24. The van der Waals surface area contributed by atoms with Gasteiger partial charge in [-0.3, -0.25) is 10.1 Å². The molecule has 2 amide bonds. The van der Waals surface area contributed by atoms with Gasteiger partial charge >= 0.3 is 6.03 Å². The van der Waals surface area contributed by atoms with Crippen molar-refractivity contribution >= 4 is 33.3 Å². The van der Waals surface area contributed by atoms with Crippen LogP contribution in [0.25, 0.3) is 0 Å². The van der Waals surface area contributed by atoms with Gasteiger partial charge in [-0.05, 0) is 25.0 Å². The molecule has 1 fully saturated rings. The van der Waals surface area contributed by atoms with Gasteiger partial charge in [0.1, 0.15) is 5.69 Å². The van der Waals surface area contributed by atoms with Gasteiger partial charge in [0.2, 0.25) is 0 Å². The number of nitro groups is 1. The van der Waals surface area contributed by atoms with Crippen molar-refractivity contribution in [3.05, 3.63) is 32.8 Å². The molecule has 2 N–H and O–H groups in total. The molecule has 0 atom stereocenters. The third-order valence-electron chi connectivity index (χ3n) is 2.32. The van der Waals surface area contributed by atoms with E-state index >= 15 is 0 Å². The second-order valence-corrected chi connectivity index (χ2v) is 4.71. The lowest BCUT2D eigenvalue weighted by atomic mass is 10.3. The highest BCUT2D eigenvalue weighted by atomic mass is 79.9. The largest absolute Gasteiger partial charge is 0.335 e. The molecular formula is C10H10BrN3O3. The number of hydrogen-bond acceptors (Lipinski definition) is 3. The predicted octanol–water partition coefficient (Wildman–Crippen LogP) is 2.64. The summed E-state index contributed by atoms with van der Waals surface area (Å²) >= 11 is 3.15. The Morgan fingerprint density at radius 2 is 2.18 bits per heavy atom. The molecule has 1 aromatic rings. The van der Waals surface area contributed by atoms with E-state index in [1.165, 1.54) is 12.1 Å². The van der Waals surface area contributed by atoms with Crippen LogP contribution in [0.4, 0.5) is 16.2 Å². The van der Waals surface area contributed by atoms with Gasteiger partial charge in [0.25, 0.3) is 5.69 Å². The summed E-state index contributed by atoms with van der Waals surface area (Å²) in [5.74, 6) is 0. The lowest BCUT2D eigenvalue weighted by Crippen LogP contribution is -2.30. The number of hydrogen-bond donors (Lipinski definition) is 2. The normalized spacial score (nSPS) is 14.2. The SMILES string of the molecule is O=C(Nc1ccc(Br)cc1[N+](=O)[O-])NC1CC1. The van der Waals surface area contributed by atoms with Crippen molar-refractivity contribution in [2.45, 2.75) is 18.9 Å². The maximum atomic E-state index is 11.5. The molecule has 1 aliphatic carbocycles. The van der Waals surface area contributed by atoms with Gasteiger partial charge in [-0.1, -0.05) is 15.9 Å². The third-order valence-corrected chi connectivity index (χ3v) is 2.81. The third kappa shape index (κ3) is 3.16. The van der Waals surface area contributed by atoms with Crippen molar-refractivity contribution in [2.75, 3.05) is 5.32 Å². The minimum atomic E-state index is -0.530. The fourth-order valence-corrected chi connectivity index (χ4v) is 1.68. The average Bonchev–Trinajstić information content (AvgIpc) is 3.04. The molecule has 0 spiro atoms. The molecule has 17 heavy (non-hydrogen) atoms. The topological polar surface area (TPSA) is 84.3 Å². The number of benzene rings is 1. The Morgan fingerprint density at radius 1 is 1.47 bits per heavy atom. The van der Waals surface area contributed by atoms with Crippen LogP contribution in [-0.4, -0.2) is 17.0 Å². The number of carbonyl (C=O) groups excluding carboxylic acids is 1. The summed E-state index contributed by atoms with van der Waals surface area (Å²) in [7, 11) is 0. The van der Waals surface area contributed by atoms with E-state index in [9.17, 15) is 14.9 Å². The van der Waals surface area contributed by atoms with Gasteiger partial charge in [0.05, 0.1) is 4.92 Å². The molecule has 0 heterocycles. The second-order valence-electron chi connectivity index (χ2n) is 3.79. The number of amides is 2. The van der Waals surface area contributed by atoms with Crippen LogP contribution in [0, 0.1) is 10.1 Å². The standard InChI is InChI=1S/C10H10BrN3O3/c11-6-1-4-8(9(5-6)14(16)17)13-10(15)12-7-2-3-7/h1,4-5,7H,2-3H2,(H2,12,13,15). The molecule has 7 heteroatoms. The molecular weight excluding hydrogens is 290 g/mol. The lowest BCUT2D eigenvalue weighted by Gasteiger charge is -2.07. The zero-order valence-corrected chi connectivity index (χ0v) is 10.4. The average molecular weight is 300 g/mol. The van der Waals surface area contributed by atoms with Crippen LogP contribution in [0.3, 0.4) is 0 Å². The van der Waals surface area contributed by atoms with Crippen molar-refractivity contribution in [1.29, 1.82) is 0 Å². The van der Waals surface area contributed by atoms with Crippen molar-refractivity contribution in [2.24, 2.45) is 0 Å². The molecule has 0 unspecified atom stereocenters. The molecule has 1 saturated carbocycles. The van der Waals surface area contributed by atoms with E-state index in [0.29, 0.717) is 4.47 Å². The molecule has 0 radical (unpaired) electrons. The molecule has 0 aliphatic heterocycles. The number of nitro benzene ring substituents is 1. The molecule has 90 valence electrons. The minimum absolute atomic E-state index is 0.134. The number of anilines is 1. The zero-order chi connectivity index (χ0) is 12.4. The van der Waals surface area contributed by atoms with Crippen LogP contribution >= 0.6 is 15.9 Å². The number of carbonyl (C=O) groups is 1. The van der Waals surface area contributed by atoms with Crippen LogP contribution in [-0.2, 0) is 0 Å². The van der Waals surface area contributed by atoms with Crippen molar-refractivity contribution in [3.63, 3.8) is 0 Å². The Balaban J connectivity index is 2.13. The van der Waals surface area contributed by atoms with Crippen LogP contribution in [0.5, 0.6) is 0 Å². The van der Waals surface area contributed by atoms with Gasteiger partial charge in [-0.15, -0.1) is 0 Å². The Morgan fingerprint density at radius 3 is 2.76 bits per heavy atom. The highest BCUT2D eigenvalue weighted by molar-refractivity contribution is 9.10. The molecule has 0 saturated heterocycles.